The minimum absolute atomic E-state index is 0.375. The van der Waals surface area contributed by atoms with Gasteiger partial charge >= 0.3 is 5.97 Å². The van der Waals surface area contributed by atoms with Gasteiger partial charge in [-0.25, -0.2) is 0 Å². The number of carboxylic acid groups (broad SMARTS) is 1. The Morgan fingerprint density at radius 1 is 1.31 bits per heavy atom. The zero-order valence-corrected chi connectivity index (χ0v) is 15.6. The Labute approximate surface area is 153 Å². The van der Waals surface area contributed by atoms with Gasteiger partial charge in [0, 0.05) is 6.54 Å². The normalized spacial score (nSPS) is 17.3. The van der Waals surface area contributed by atoms with Gasteiger partial charge in [-0.3, -0.25) is 9.69 Å². The molecule has 0 fully saturated rings. The summed E-state index contributed by atoms with van der Waals surface area (Å²) >= 11 is 0. The predicted molar refractivity (Wildman–Crippen MR) is 96.8 cm³/mol. The summed E-state index contributed by atoms with van der Waals surface area (Å²) in [7, 11) is 0. The molecule has 0 saturated heterocycles. The zero-order valence-electron chi connectivity index (χ0n) is 15.6. The molecule has 0 saturated carbocycles. The largest absolute Gasteiger partial charge is 0.494 e. The van der Waals surface area contributed by atoms with Gasteiger partial charge in [-0.2, -0.15) is 0 Å². The molecule has 0 aliphatic carbocycles. The van der Waals surface area contributed by atoms with Crippen molar-refractivity contribution in [3.63, 3.8) is 0 Å². The Hall–Kier alpha value is -2.41. The molecule has 7 nitrogen and oxygen atoms in total. The number of ether oxygens (including phenoxy) is 1. The van der Waals surface area contributed by atoms with Gasteiger partial charge in [-0.05, 0) is 37.0 Å². The molecule has 1 unspecified atom stereocenters. The van der Waals surface area contributed by atoms with Gasteiger partial charge in [0.25, 0.3) is 0 Å². The molecule has 1 N–H and O–H groups in total. The average molecular weight is 358 g/mol. The van der Waals surface area contributed by atoms with Crippen molar-refractivity contribution >= 4 is 5.97 Å². The number of hydrogen-bond acceptors (Lipinski definition) is 5. The number of aryl methyl sites for hydroxylation is 1. The first-order chi connectivity index (χ1) is 12.4. The first kappa shape index (κ1) is 18.4. The third-order valence-electron chi connectivity index (χ3n) is 4.71. The van der Waals surface area contributed by atoms with E-state index >= 15 is 0 Å². The summed E-state index contributed by atoms with van der Waals surface area (Å²) in [6.45, 7) is 8.31. The average Bonchev–Trinajstić information content (AvgIpc) is 2.95. The van der Waals surface area contributed by atoms with Gasteiger partial charge in [0.15, 0.2) is 0 Å². The summed E-state index contributed by atoms with van der Waals surface area (Å²) in [5, 5.41) is 17.8. The molecule has 3 rings (SSSR count). The Morgan fingerprint density at radius 3 is 2.69 bits per heavy atom. The van der Waals surface area contributed by atoms with Crippen LogP contribution in [0.2, 0.25) is 0 Å². The Morgan fingerprint density at radius 2 is 2.04 bits per heavy atom. The van der Waals surface area contributed by atoms with Gasteiger partial charge in [0.1, 0.15) is 23.4 Å². The van der Waals surface area contributed by atoms with E-state index in [0.29, 0.717) is 32.2 Å². The third kappa shape index (κ3) is 4.22. The smallest absolute Gasteiger partial charge is 0.322 e. The molecule has 0 radical (unpaired) electrons. The van der Waals surface area contributed by atoms with Crippen LogP contribution in [-0.4, -0.2) is 43.4 Å². The van der Waals surface area contributed by atoms with Gasteiger partial charge < -0.3 is 14.4 Å². The van der Waals surface area contributed by atoms with Crippen LogP contribution in [-0.2, 0) is 24.4 Å². The van der Waals surface area contributed by atoms with Crippen LogP contribution in [0.25, 0.3) is 0 Å². The molecule has 2 heterocycles. The fourth-order valence-corrected chi connectivity index (χ4v) is 3.10. The molecule has 0 spiro atoms. The summed E-state index contributed by atoms with van der Waals surface area (Å²) in [6.07, 6.45) is 1.02. The van der Waals surface area contributed by atoms with E-state index in [0.717, 1.165) is 29.4 Å². The lowest BCUT2D eigenvalue weighted by atomic mass is 10.1. The molecular formula is C19H26N4O3. The van der Waals surface area contributed by atoms with Crippen molar-refractivity contribution in [1.82, 2.24) is 19.7 Å². The number of fused-ring (bicyclic) bond motifs is 1. The lowest BCUT2D eigenvalue weighted by Gasteiger charge is -2.33. The van der Waals surface area contributed by atoms with Crippen molar-refractivity contribution in [1.29, 1.82) is 0 Å². The highest BCUT2D eigenvalue weighted by Crippen LogP contribution is 2.22. The van der Waals surface area contributed by atoms with Crippen molar-refractivity contribution in [2.45, 2.75) is 52.9 Å². The highest BCUT2D eigenvalue weighted by molar-refractivity contribution is 5.73. The number of aliphatic carboxylic acids is 1. The molecule has 1 aromatic heterocycles. The SMILES string of the molecule is Cc1nnc2n1CC(C(=O)O)N(Cc1ccc(OCCC(C)C)cc1)C2. The van der Waals surface area contributed by atoms with E-state index in [1.54, 1.807) is 0 Å². The summed E-state index contributed by atoms with van der Waals surface area (Å²) in [5.74, 6) is 2.21. The predicted octanol–water partition coefficient (Wildman–Crippen LogP) is 2.48. The van der Waals surface area contributed by atoms with Crippen molar-refractivity contribution in [2.24, 2.45) is 5.92 Å². The van der Waals surface area contributed by atoms with Crippen LogP contribution in [0, 0.1) is 12.8 Å². The van der Waals surface area contributed by atoms with Crippen molar-refractivity contribution in [3.05, 3.63) is 41.5 Å². The molecule has 1 atom stereocenters. The van der Waals surface area contributed by atoms with E-state index < -0.39 is 12.0 Å². The molecular weight excluding hydrogens is 332 g/mol. The summed E-state index contributed by atoms with van der Waals surface area (Å²) < 4.78 is 7.63. The minimum Gasteiger partial charge on any atom is -0.494 e. The number of hydrogen-bond donors (Lipinski definition) is 1. The monoisotopic (exact) mass is 358 g/mol. The lowest BCUT2D eigenvalue weighted by molar-refractivity contribution is -0.145. The van der Waals surface area contributed by atoms with Gasteiger partial charge in [-0.15, -0.1) is 10.2 Å². The van der Waals surface area contributed by atoms with E-state index in [4.69, 9.17) is 4.74 Å². The molecule has 26 heavy (non-hydrogen) atoms. The van der Waals surface area contributed by atoms with Crippen LogP contribution in [0.3, 0.4) is 0 Å². The zero-order chi connectivity index (χ0) is 18.7. The number of benzene rings is 1. The Kier molecular flexibility index (Phi) is 5.56. The number of rotatable bonds is 7. The highest BCUT2D eigenvalue weighted by Gasteiger charge is 2.33. The quantitative estimate of drug-likeness (QED) is 0.819. The van der Waals surface area contributed by atoms with Gasteiger partial charge in [0.05, 0.1) is 19.7 Å². The van der Waals surface area contributed by atoms with E-state index in [9.17, 15) is 9.90 Å². The van der Waals surface area contributed by atoms with E-state index in [2.05, 4.69) is 24.0 Å². The van der Waals surface area contributed by atoms with E-state index in [1.165, 1.54) is 0 Å². The second-order valence-electron chi connectivity index (χ2n) is 7.21. The molecule has 7 heteroatoms. The summed E-state index contributed by atoms with van der Waals surface area (Å²) in [6, 6.07) is 7.30. The first-order valence-electron chi connectivity index (χ1n) is 9.01. The van der Waals surface area contributed by atoms with Crippen LogP contribution in [0.15, 0.2) is 24.3 Å². The first-order valence-corrected chi connectivity index (χ1v) is 9.01. The minimum atomic E-state index is -0.822. The van der Waals surface area contributed by atoms with E-state index in [-0.39, 0.29) is 0 Å². The van der Waals surface area contributed by atoms with Crippen molar-refractivity contribution < 1.29 is 14.6 Å². The van der Waals surface area contributed by atoms with Crippen molar-refractivity contribution in [2.75, 3.05) is 6.61 Å². The highest BCUT2D eigenvalue weighted by atomic mass is 16.5. The van der Waals surface area contributed by atoms with E-state index in [1.807, 2.05) is 40.7 Å². The van der Waals surface area contributed by atoms with Crippen molar-refractivity contribution in [3.8, 4) is 5.75 Å². The summed E-state index contributed by atoms with van der Waals surface area (Å²) in [5.41, 5.74) is 1.05. The van der Waals surface area contributed by atoms with Crippen LogP contribution in [0.4, 0.5) is 0 Å². The van der Waals surface area contributed by atoms with Crippen LogP contribution < -0.4 is 4.74 Å². The van der Waals surface area contributed by atoms with Crippen LogP contribution in [0.1, 0.15) is 37.5 Å². The topological polar surface area (TPSA) is 80.5 Å². The number of carbonyl (C=O) groups is 1. The molecule has 2 aromatic rings. The maximum atomic E-state index is 11.7. The maximum Gasteiger partial charge on any atom is 0.322 e. The van der Waals surface area contributed by atoms with Crippen LogP contribution in [0.5, 0.6) is 5.75 Å². The molecule has 1 aliphatic heterocycles. The number of carboxylic acids is 1. The number of aromatic nitrogens is 3. The molecule has 1 aromatic carbocycles. The fraction of sp³-hybridized carbons (Fsp3) is 0.526. The van der Waals surface area contributed by atoms with Gasteiger partial charge in [0.2, 0.25) is 0 Å². The maximum absolute atomic E-state index is 11.7. The Bertz CT molecular complexity index is 755. The third-order valence-corrected chi connectivity index (χ3v) is 4.71. The second kappa shape index (κ2) is 7.86. The van der Waals surface area contributed by atoms with Gasteiger partial charge in [-0.1, -0.05) is 26.0 Å². The molecule has 0 bridgehead atoms. The molecule has 140 valence electrons. The summed E-state index contributed by atoms with van der Waals surface area (Å²) in [4.78, 5) is 13.6. The molecule has 1 aliphatic rings. The second-order valence-corrected chi connectivity index (χ2v) is 7.21. The lowest BCUT2D eigenvalue weighted by Crippen LogP contribution is -2.47. The fourth-order valence-electron chi connectivity index (χ4n) is 3.10. The van der Waals surface area contributed by atoms with Crippen LogP contribution >= 0.6 is 0 Å². The molecule has 0 amide bonds. The standard InChI is InChI=1S/C19H26N4O3/c1-13(2)8-9-26-16-6-4-15(5-7-16)10-22-12-18-21-20-14(3)23(18)11-17(22)19(24)25/h4-7,13,17H,8-12H2,1-3H3,(H,24,25). The Balaban J connectivity index is 1.66. The number of nitrogens with zero attached hydrogens (tertiary/aromatic N) is 4.